The van der Waals surface area contributed by atoms with Crippen molar-refractivity contribution in [1.82, 2.24) is 0 Å². The molecule has 0 N–H and O–H groups in total. The lowest BCUT2D eigenvalue weighted by molar-refractivity contribution is -0.143. The van der Waals surface area contributed by atoms with Crippen LogP contribution in [0, 0.1) is 0 Å². The van der Waals surface area contributed by atoms with Crippen LogP contribution in [0.4, 0.5) is 0 Å². The van der Waals surface area contributed by atoms with Crippen molar-refractivity contribution in [3.63, 3.8) is 0 Å². The Hall–Kier alpha value is -1.22. The number of esters is 1. The van der Waals surface area contributed by atoms with Crippen molar-refractivity contribution >= 4 is 23.6 Å². The molecule has 0 heterocycles. The fourth-order valence-electron chi connectivity index (χ4n) is 1.60. The lowest BCUT2D eigenvalue weighted by Gasteiger charge is -2.14. The molecule has 1 aromatic carbocycles. The molecule has 0 fully saturated rings. The lowest BCUT2D eigenvalue weighted by Crippen LogP contribution is -2.10. The maximum atomic E-state index is 11.4. The summed E-state index contributed by atoms with van der Waals surface area (Å²) in [5.41, 5.74) is 1.14. The lowest BCUT2D eigenvalue weighted by atomic mass is 9.93. The Balaban J connectivity index is 2.68. The molecule has 86 valence electrons. The first-order chi connectivity index (χ1) is 7.77. The quantitative estimate of drug-likeness (QED) is 0.561. The summed E-state index contributed by atoms with van der Waals surface area (Å²) >= 11 is 4.87. The highest BCUT2D eigenvalue weighted by atomic mass is 32.1. The van der Waals surface area contributed by atoms with Gasteiger partial charge in [0.2, 0.25) is 0 Å². The minimum atomic E-state index is -0.159. The van der Waals surface area contributed by atoms with E-state index in [4.69, 9.17) is 17.0 Å². The highest BCUT2D eigenvalue weighted by Crippen LogP contribution is 2.22. The minimum absolute atomic E-state index is 0.137. The number of carbonyl (C=O) groups excluding carboxylic acids is 1. The van der Waals surface area contributed by atoms with Gasteiger partial charge in [-0.2, -0.15) is 0 Å². The first-order valence-corrected chi connectivity index (χ1v) is 5.89. The first kappa shape index (κ1) is 12.8. The van der Waals surface area contributed by atoms with E-state index in [0.717, 1.165) is 12.0 Å². The molecule has 0 bridgehead atoms. The molecule has 1 aromatic rings. The van der Waals surface area contributed by atoms with Crippen molar-refractivity contribution in [2.75, 3.05) is 6.61 Å². The molecule has 16 heavy (non-hydrogen) atoms. The Labute approximate surface area is 102 Å². The van der Waals surface area contributed by atoms with Gasteiger partial charge in [0.15, 0.2) is 0 Å². The monoisotopic (exact) mass is 236 g/mol. The van der Waals surface area contributed by atoms with Crippen molar-refractivity contribution in [1.29, 1.82) is 0 Å². The largest absolute Gasteiger partial charge is 0.466 e. The number of carbonyl (C=O) groups is 1. The smallest absolute Gasteiger partial charge is 0.306 e. The molecular weight excluding hydrogens is 220 g/mol. The van der Waals surface area contributed by atoms with Gasteiger partial charge in [-0.05, 0) is 30.2 Å². The average molecular weight is 236 g/mol. The van der Waals surface area contributed by atoms with Crippen LogP contribution in [0.25, 0.3) is 0 Å². The van der Waals surface area contributed by atoms with E-state index in [0.29, 0.717) is 13.0 Å². The van der Waals surface area contributed by atoms with Gasteiger partial charge in [-0.25, -0.2) is 0 Å². The van der Waals surface area contributed by atoms with E-state index in [9.17, 15) is 4.79 Å². The Bertz CT molecular complexity index is 335. The topological polar surface area (TPSA) is 26.3 Å². The van der Waals surface area contributed by atoms with Crippen molar-refractivity contribution in [3.8, 4) is 0 Å². The zero-order chi connectivity index (χ0) is 11.8. The van der Waals surface area contributed by atoms with Gasteiger partial charge < -0.3 is 4.74 Å². The van der Waals surface area contributed by atoms with E-state index in [-0.39, 0.29) is 11.9 Å². The van der Waals surface area contributed by atoms with E-state index < -0.39 is 0 Å². The van der Waals surface area contributed by atoms with Crippen molar-refractivity contribution < 1.29 is 9.53 Å². The summed E-state index contributed by atoms with van der Waals surface area (Å²) in [5.74, 6) is -0.0223. The van der Waals surface area contributed by atoms with Gasteiger partial charge in [-0.15, -0.1) is 0 Å². The van der Waals surface area contributed by atoms with Gasteiger partial charge >= 0.3 is 5.97 Å². The number of thiocarbonyl (C=S) groups is 1. The van der Waals surface area contributed by atoms with Crippen LogP contribution < -0.4 is 0 Å². The normalized spacial score (nSPS) is 11.8. The number of ether oxygens (including phenoxy) is 1. The third kappa shape index (κ3) is 4.11. The molecule has 0 aromatic heterocycles. The molecule has 1 unspecified atom stereocenters. The second kappa shape index (κ2) is 7.12. The zero-order valence-corrected chi connectivity index (χ0v) is 10.2. The highest BCUT2D eigenvalue weighted by Gasteiger charge is 2.15. The molecule has 0 aliphatic carbocycles. The average Bonchev–Trinajstić information content (AvgIpc) is 2.30. The predicted octanol–water partition coefficient (Wildman–Crippen LogP) is 3.11. The van der Waals surface area contributed by atoms with Gasteiger partial charge in [0.05, 0.1) is 13.0 Å². The molecular formula is C13H16O2S. The Morgan fingerprint density at radius 3 is 2.69 bits per heavy atom. The SMILES string of the molecule is CCOC(=O)CC(CC=S)c1ccccc1. The standard InChI is InChI=1S/C13H16O2S/c1-2-15-13(14)10-12(8-9-16)11-6-4-3-5-7-11/h3-7,9,12H,2,8,10H2,1H3. The minimum Gasteiger partial charge on any atom is -0.466 e. The molecule has 1 atom stereocenters. The van der Waals surface area contributed by atoms with E-state index in [1.807, 2.05) is 37.3 Å². The van der Waals surface area contributed by atoms with E-state index in [2.05, 4.69) is 0 Å². The summed E-state index contributed by atoms with van der Waals surface area (Å²) < 4.78 is 4.95. The van der Waals surface area contributed by atoms with Crippen LogP contribution >= 0.6 is 12.2 Å². The summed E-state index contributed by atoms with van der Waals surface area (Å²) in [6.07, 6.45) is 1.11. The Kier molecular flexibility index (Phi) is 5.72. The van der Waals surface area contributed by atoms with Crippen LogP contribution in [0.1, 0.15) is 31.2 Å². The Morgan fingerprint density at radius 1 is 1.44 bits per heavy atom. The van der Waals surface area contributed by atoms with E-state index in [1.165, 1.54) is 0 Å². The van der Waals surface area contributed by atoms with Crippen LogP contribution in [0.2, 0.25) is 0 Å². The number of hydrogen-bond donors (Lipinski definition) is 0. The molecule has 0 amide bonds. The molecule has 0 aliphatic heterocycles. The molecule has 0 aliphatic rings. The second-order valence-corrected chi connectivity index (χ2v) is 3.85. The fraction of sp³-hybridized carbons (Fsp3) is 0.385. The van der Waals surface area contributed by atoms with Crippen LogP contribution in [0.15, 0.2) is 30.3 Å². The second-order valence-electron chi connectivity index (χ2n) is 3.52. The maximum Gasteiger partial charge on any atom is 0.306 e. The van der Waals surface area contributed by atoms with E-state index in [1.54, 1.807) is 5.37 Å². The van der Waals surface area contributed by atoms with Gasteiger partial charge in [-0.3, -0.25) is 4.79 Å². The predicted molar refractivity (Wildman–Crippen MR) is 68.7 cm³/mol. The number of rotatable bonds is 6. The third-order valence-electron chi connectivity index (χ3n) is 2.37. The molecule has 0 saturated heterocycles. The third-order valence-corrected chi connectivity index (χ3v) is 2.56. The molecule has 0 radical (unpaired) electrons. The van der Waals surface area contributed by atoms with Crippen molar-refractivity contribution in [2.24, 2.45) is 0 Å². The van der Waals surface area contributed by atoms with Gasteiger partial charge in [0, 0.05) is 0 Å². The Morgan fingerprint density at radius 2 is 2.12 bits per heavy atom. The van der Waals surface area contributed by atoms with Crippen molar-refractivity contribution in [3.05, 3.63) is 35.9 Å². The first-order valence-electron chi connectivity index (χ1n) is 5.42. The zero-order valence-electron chi connectivity index (χ0n) is 9.39. The highest BCUT2D eigenvalue weighted by molar-refractivity contribution is 7.78. The summed E-state index contributed by atoms with van der Waals surface area (Å²) in [6.45, 7) is 2.24. The molecule has 0 saturated carbocycles. The molecule has 1 rings (SSSR count). The summed E-state index contributed by atoms with van der Waals surface area (Å²) in [4.78, 5) is 11.4. The maximum absolute atomic E-state index is 11.4. The molecule has 0 spiro atoms. The van der Waals surface area contributed by atoms with Crippen LogP contribution in [-0.4, -0.2) is 17.9 Å². The van der Waals surface area contributed by atoms with E-state index >= 15 is 0 Å². The fourth-order valence-corrected chi connectivity index (χ4v) is 1.83. The molecule has 2 nitrogen and oxygen atoms in total. The molecule has 3 heteroatoms. The van der Waals surface area contributed by atoms with Crippen molar-refractivity contribution in [2.45, 2.75) is 25.7 Å². The van der Waals surface area contributed by atoms with Gasteiger partial charge in [0.1, 0.15) is 0 Å². The summed E-state index contributed by atoms with van der Waals surface area (Å²) in [5, 5.41) is 1.68. The number of hydrogen-bond acceptors (Lipinski definition) is 3. The van der Waals surface area contributed by atoms with Gasteiger partial charge in [0.25, 0.3) is 0 Å². The summed E-state index contributed by atoms with van der Waals surface area (Å²) in [6, 6.07) is 9.93. The van der Waals surface area contributed by atoms with Gasteiger partial charge in [-0.1, -0.05) is 42.5 Å². The number of benzene rings is 1. The van der Waals surface area contributed by atoms with Crippen LogP contribution in [0.5, 0.6) is 0 Å². The summed E-state index contributed by atoms with van der Waals surface area (Å²) in [7, 11) is 0. The van der Waals surface area contributed by atoms with Crippen LogP contribution in [-0.2, 0) is 9.53 Å². The van der Waals surface area contributed by atoms with Crippen LogP contribution in [0.3, 0.4) is 0 Å².